The minimum absolute atomic E-state index is 0.167. The van der Waals surface area contributed by atoms with Gasteiger partial charge in [-0.25, -0.2) is 4.68 Å². The van der Waals surface area contributed by atoms with Gasteiger partial charge in [-0.2, -0.15) is 5.10 Å². The molecular formula is C25H23N3O4. The van der Waals surface area contributed by atoms with Crippen LogP contribution in [0, 0.1) is 0 Å². The fourth-order valence-electron chi connectivity index (χ4n) is 3.56. The Balaban J connectivity index is 1.73. The molecule has 0 saturated heterocycles. The highest BCUT2D eigenvalue weighted by atomic mass is 16.5. The number of carbonyl (C=O) groups excluding carboxylic acids is 1. The normalized spacial score (nSPS) is 11.7. The monoisotopic (exact) mass is 429 g/mol. The van der Waals surface area contributed by atoms with Crippen LogP contribution in [-0.4, -0.2) is 29.9 Å². The van der Waals surface area contributed by atoms with E-state index in [2.05, 4.69) is 10.4 Å². The highest BCUT2D eigenvalue weighted by Crippen LogP contribution is 2.30. The second-order valence-corrected chi connectivity index (χ2v) is 7.25. The van der Waals surface area contributed by atoms with Crippen molar-refractivity contribution in [1.82, 2.24) is 15.1 Å². The third kappa shape index (κ3) is 3.92. The molecule has 1 atom stereocenters. The highest BCUT2D eigenvalue weighted by molar-refractivity contribution is 5.95. The lowest BCUT2D eigenvalue weighted by Gasteiger charge is -2.17. The van der Waals surface area contributed by atoms with Crippen LogP contribution in [0.25, 0.3) is 16.6 Å². The summed E-state index contributed by atoms with van der Waals surface area (Å²) in [5.41, 5.74) is 1.61. The lowest BCUT2D eigenvalue weighted by atomic mass is 10.1. The van der Waals surface area contributed by atoms with Crippen LogP contribution in [0.1, 0.15) is 29.0 Å². The van der Waals surface area contributed by atoms with E-state index in [0.29, 0.717) is 22.4 Å². The molecule has 1 N–H and O–H groups in total. The Morgan fingerprint density at radius 3 is 2.34 bits per heavy atom. The van der Waals surface area contributed by atoms with Gasteiger partial charge < -0.3 is 14.8 Å². The quantitative estimate of drug-likeness (QED) is 0.503. The van der Waals surface area contributed by atoms with Crippen molar-refractivity contribution in [3.05, 3.63) is 94.3 Å². The summed E-state index contributed by atoms with van der Waals surface area (Å²) in [6, 6.07) is 21.5. The van der Waals surface area contributed by atoms with Crippen molar-refractivity contribution >= 4 is 16.8 Å². The van der Waals surface area contributed by atoms with Gasteiger partial charge in [-0.1, -0.05) is 36.4 Å². The van der Waals surface area contributed by atoms with Gasteiger partial charge >= 0.3 is 0 Å². The number of para-hydroxylation sites is 2. The number of hydrogen-bond donors (Lipinski definition) is 1. The molecule has 0 aliphatic carbocycles. The number of benzene rings is 3. The molecule has 0 spiro atoms. The number of amides is 1. The summed E-state index contributed by atoms with van der Waals surface area (Å²) >= 11 is 0. The summed E-state index contributed by atoms with van der Waals surface area (Å²) in [6.45, 7) is 1.83. The lowest BCUT2D eigenvalue weighted by Crippen LogP contribution is -2.33. The van der Waals surface area contributed by atoms with Crippen molar-refractivity contribution in [2.45, 2.75) is 13.0 Å². The largest absolute Gasteiger partial charge is 0.493 e. The molecule has 4 rings (SSSR count). The van der Waals surface area contributed by atoms with E-state index in [1.807, 2.05) is 55.5 Å². The van der Waals surface area contributed by atoms with E-state index >= 15 is 0 Å². The summed E-state index contributed by atoms with van der Waals surface area (Å²) < 4.78 is 12.2. The number of fused-ring (bicyclic) bond motifs is 1. The molecule has 7 nitrogen and oxygen atoms in total. The van der Waals surface area contributed by atoms with Gasteiger partial charge in [0, 0.05) is 0 Å². The number of methoxy groups -OCH3 is 2. The zero-order valence-electron chi connectivity index (χ0n) is 18.0. The SMILES string of the molecule is COc1ccc(C(C)NC(=O)c2nn(-c3ccccc3)c3ccccc3c2=O)cc1OC. The van der Waals surface area contributed by atoms with E-state index in [-0.39, 0.29) is 11.7 Å². The Morgan fingerprint density at radius 1 is 0.938 bits per heavy atom. The van der Waals surface area contributed by atoms with Crippen molar-refractivity contribution in [3.63, 3.8) is 0 Å². The van der Waals surface area contributed by atoms with E-state index in [0.717, 1.165) is 11.3 Å². The van der Waals surface area contributed by atoms with Crippen LogP contribution in [0.15, 0.2) is 77.6 Å². The molecule has 1 unspecified atom stereocenters. The summed E-state index contributed by atoms with van der Waals surface area (Å²) in [5.74, 6) is 0.603. The smallest absolute Gasteiger partial charge is 0.276 e. The molecule has 0 fully saturated rings. The maximum atomic E-state index is 13.1. The average molecular weight is 429 g/mol. The molecule has 162 valence electrons. The fourth-order valence-corrected chi connectivity index (χ4v) is 3.56. The van der Waals surface area contributed by atoms with Gasteiger partial charge in [0.05, 0.1) is 36.9 Å². The Labute approximate surface area is 185 Å². The second-order valence-electron chi connectivity index (χ2n) is 7.25. The first-order chi connectivity index (χ1) is 15.5. The fraction of sp³-hybridized carbons (Fsp3) is 0.160. The molecule has 0 radical (unpaired) electrons. The van der Waals surface area contributed by atoms with Crippen molar-refractivity contribution in [3.8, 4) is 17.2 Å². The summed E-state index contributed by atoms with van der Waals surface area (Å²) in [7, 11) is 3.11. The van der Waals surface area contributed by atoms with Gasteiger partial charge in [-0.15, -0.1) is 0 Å². The van der Waals surface area contributed by atoms with Gasteiger partial charge in [0.15, 0.2) is 17.2 Å². The van der Waals surface area contributed by atoms with Crippen molar-refractivity contribution in [2.75, 3.05) is 14.2 Å². The van der Waals surface area contributed by atoms with E-state index in [9.17, 15) is 9.59 Å². The molecular weight excluding hydrogens is 406 g/mol. The molecule has 3 aromatic carbocycles. The number of ether oxygens (including phenoxy) is 2. The molecule has 0 saturated carbocycles. The molecule has 0 aliphatic rings. The topological polar surface area (TPSA) is 82.5 Å². The van der Waals surface area contributed by atoms with E-state index in [4.69, 9.17) is 9.47 Å². The van der Waals surface area contributed by atoms with Crippen LogP contribution in [-0.2, 0) is 0 Å². The van der Waals surface area contributed by atoms with Crippen LogP contribution in [0.4, 0.5) is 0 Å². The minimum atomic E-state index is -0.548. The van der Waals surface area contributed by atoms with E-state index < -0.39 is 11.3 Å². The summed E-state index contributed by atoms with van der Waals surface area (Å²) in [5, 5.41) is 7.73. The molecule has 32 heavy (non-hydrogen) atoms. The van der Waals surface area contributed by atoms with Crippen LogP contribution in [0.3, 0.4) is 0 Å². The molecule has 1 aromatic heterocycles. The Kier molecular flexibility index (Phi) is 5.89. The van der Waals surface area contributed by atoms with Crippen molar-refractivity contribution in [2.24, 2.45) is 0 Å². The van der Waals surface area contributed by atoms with Crippen molar-refractivity contribution < 1.29 is 14.3 Å². The third-order valence-corrected chi connectivity index (χ3v) is 5.26. The van der Waals surface area contributed by atoms with Crippen molar-refractivity contribution in [1.29, 1.82) is 0 Å². The Bertz CT molecular complexity index is 1330. The molecule has 0 bridgehead atoms. The molecule has 7 heteroatoms. The van der Waals surface area contributed by atoms with Gasteiger partial charge in [0.2, 0.25) is 5.43 Å². The Morgan fingerprint density at radius 2 is 1.62 bits per heavy atom. The number of rotatable bonds is 6. The first-order valence-corrected chi connectivity index (χ1v) is 10.1. The maximum Gasteiger partial charge on any atom is 0.276 e. The van der Waals surface area contributed by atoms with Crippen LogP contribution in [0.5, 0.6) is 11.5 Å². The summed E-state index contributed by atoms with van der Waals surface area (Å²) in [4.78, 5) is 26.2. The first kappa shape index (κ1) is 21.1. The average Bonchev–Trinajstić information content (AvgIpc) is 2.84. The Hall–Kier alpha value is -4.13. The predicted octanol–water partition coefficient (Wildman–Crippen LogP) is 3.89. The predicted molar refractivity (Wildman–Crippen MR) is 123 cm³/mol. The minimum Gasteiger partial charge on any atom is -0.493 e. The maximum absolute atomic E-state index is 13.1. The molecule has 1 heterocycles. The third-order valence-electron chi connectivity index (χ3n) is 5.26. The number of aromatic nitrogens is 2. The standard InChI is InChI=1S/C25H23N3O4/c1-16(17-13-14-21(31-2)22(15-17)32-3)26-25(30)23-24(29)19-11-7-8-12-20(19)28(27-23)18-9-5-4-6-10-18/h4-16H,1-3H3,(H,26,30). The number of nitrogens with one attached hydrogen (secondary N) is 1. The van der Waals surface area contributed by atoms with E-state index in [1.54, 1.807) is 43.2 Å². The number of carbonyl (C=O) groups is 1. The van der Waals surface area contributed by atoms with Gasteiger partial charge in [-0.05, 0) is 48.9 Å². The van der Waals surface area contributed by atoms with E-state index in [1.165, 1.54) is 0 Å². The second kappa shape index (κ2) is 8.93. The molecule has 0 aliphatic heterocycles. The van der Waals surface area contributed by atoms with Crippen LogP contribution >= 0.6 is 0 Å². The first-order valence-electron chi connectivity index (χ1n) is 10.1. The summed E-state index contributed by atoms with van der Waals surface area (Å²) in [6.07, 6.45) is 0. The van der Waals surface area contributed by atoms with Crippen LogP contribution in [0.2, 0.25) is 0 Å². The van der Waals surface area contributed by atoms with Gasteiger partial charge in [-0.3, -0.25) is 9.59 Å². The molecule has 1 amide bonds. The zero-order chi connectivity index (χ0) is 22.7. The van der Waals surface area contributed by atoms with Crippen LogP contribution < -0.4 is 20.2 Å². The number of hydrogen-bond acceptors (Lipinski definition) is 5. The van der Waals surface area contributed by atoms with Gasteiger partial charge in [0.25, 0.3) is 5.91 Å². The highest BCUT2D eigenvalue weighted by Gasteiger charge is 2.20. The number of nitrogens with zero attached hydrogens (tertiary/aromatic N) is 2. The van der Waals surface area contributed by atoms with Gasteiger partial charge in [0.1, 0.15) is 0 Å². The lowest BCUT2D eigenvalue weighted by molar-refractivity contribution is 0.0932. The molecule has 4 aromatic rings. The zero-order valence-corrected chi connectivity index (χ0v) is 18.0.